The molecule has 0 aliphatic heterocycles. The van der Waals surface area contributed by atoms with Gasteiger partial charge < -0.3 is 4.74 Å². The average Bonchev–Trinajstić information content (AvgIpc) is 2.56. The van der Waals surface area contributed by atoms with Crippen LogP contribution < -0.4 is 5.32 Å². The summed E-state index contributed by atoms with van der Waals surface area (Å²) in [5.74, 6) is 0.275. The smallest absolute Gasteiger partial charge is 0.422 e. The van der Waals surface area contributed by atoms with Gasteiger partial charge in [-0.05, 0) is 0 Å². The normalized spacial score (nSPS) is 12.4. The quantitative estimate of drug-likeness (QED) is 0.905. The van der Waals surface area contributed by atoms with Crippen molar-refractivity contribution in [2.24, 2.45) is 7.05 Å². The van der Waals surface area contributed by atoms with E-state index in [1.165, 1.54) is 4.68 Å². The van der Waals surface area contributed by atoms with Crippen molar-refractivity contribution in [2.45, 2.75) is 32.4 Å². The van der Waals surface area contributed by atoms with Crippen LogP contribution in [0.2, 0.25) is 0 Å². The highest BCUT2D eigenvalue weighted by atomic mass is 19.4. The second kappa shape index (κ2) is 5.10. The van der Waals surface area contributed by atoms with Crippen molar-refractivity contribution in [3.63, 3.8) is 0 Å². The topological polar surface area (TPSA) is 56.2 Å². The molecule has 5 nitrogen and oxygen atoms in total. The first-order valence-corrected chi connectivity index (χ1v) is 5.54. The average molecular weight is 279 g/mol. The number of alkyl halides is 3. The predicted molar refractivity (Wildman–Crippen MR) is 62.9 cm³/mol. The molecule has 1 N–H and O–H groups in total. The van der Waals surface area contributed by atoms with Crippen LogP contribution in [0.25, 0.3) is 0 Å². The fourth-order valence-corrected chi connectivity index (χ4v) is 1.24. The molecule has 0 atom stereocenters. The molecule has 0 unspecified atom stereocenters. The lowest BCUT2D eigenvalue weighted by Crippen LogP contribution is -2.24. The molecule has 0 saturated carbocycles. The zero-order valence-electron chi connectivity index (χ0n) is 11.1. The maximum absolute atomic E-state index is 11.9. The lowest BCUT2D eigenvalue weighted by molar-refractivity contribution is -0.159. The third-order valence-electron chi connectivity index (χ3n) is 2.25. The fourth-order valence-electron chi connectivity index (χ4n) is 1.24. The van der Waals surface area contributed by atoms with Gasteiger partial charge in [-0.15, -0.1) is 0 Å². The Morgan fingerprint density at radius 3 is 2.42 bits per heavy atom. The largest absolute Gasteiger partial charge is 0.440 e. The Balaban J connectivity index is 2.68. The second-order valence-corrected chi connectivity index (χ2v) is 5.10. The molecule has 1 aromatic rings. The summed E-state index contributed by atoms with van der Waals surface area (Å²) in [6.45, 7) is 4.17. The Morgan fingerprint density at radius 2 is 2.00 bits per heavy atom. The number of carbonyl (C=O) groups is 1. The van der Waals surface area contributed by atoms with Gasteiger partial charge in [-0.2, -0.15) is 18.3 Å². The summed E-state index contributed by atoms with van der Waals surface area (Å²) in [5.41, 5.74) is 0.481. The molecule has 19 heavy (non-hydrogen) atoms. The summed E-state index contributed by atoms with van der Waals surface area (Å²) in [7, 11) is 1.58. The molecule has 0 aromatic carbocycles. The van der Waals surface area contributed by atoms with Crippen molar-refractivity contribution < 1.29 is 22.7 Å². The van der Waals surface area contributed by atoms with Gasteiger partial charge in [0.1, 0.15) is 5.82 Å². The highest BCUT2D eigenvalue weighted by Crippen LogP contribution is 2.23. The SMILES string of the molecule is Cn1nc(C(C)(C)C)cc1NC(=O)OCC(F)(F)F. The van der Waals surface area contributed by atoms with Crippen molar-refractivity contribution in [3.05, 3.63) is 11.8 Å². The summed E-state index contributed by atoms with van der Waals surface area (Å²) in [5, 5.41) is 6.38. The first kappa shape index (κ1) is 15.3. The van der Waals surface area contributed by atoms with E-state index in [-0.39, 0.29) is 11.2 Å². The monoisotopic (exact) mass is 279 g/mol. The highest BCUT2D eigenvalue weighted by molar-refractivity contribution is 5.83. The predicted octanol–water partition coefficient (Wildman–Crippen LogP) is 2.83. The second-order valence-electron chi connectivity index (χ2n) is 5.10. The molecule has 1 heterocycles. The van der Waals surface area contributed by atoms with Gasteiger partial charge in [-0.3, -0.25) is 10.00 Å². The number of nitrogens with zero attached hydrogens (tertiary/aromatic N) is 2. The summed E-state index contributed by atoms with van der Waals surface area (Å²) >= 11 is 0. The van der Waals surface area contributed by atoms with E-state index >= 15 is 0 Å². The van der Waals surface area contributed by atoms with Gasteiger partial charge in [0.25, 0.3) is 0 Å². The van der Waals surface area contributed by atoms with Crippen LogP contribution >= 0.6 is 0 Å². The molecule has 0 radical (unpaired) electrons. The van der Waals surface area contributed by atoms with Gasteiger partial charge in [-0.1, -0.05) is 20.8 Å². The molecule has 1 rings (SSSR count). The molecule has 1 aromatic heterocycles. The van der Waals surface area contributed by atoms with Crippen LogP contribution in [0.15, 0.2) is 6.07 Å². The van der Waals surface area contributed by atoms with E-state index in [2.05, 4.69) is 15.2 Å². The van der Waals surface area contributed by atoms with Gasteiger partial charge in [0.2, 0.25) is 0 Å². The third kappa shape index (κ3) is 4.80. The van der Waals surface area contributed by atoms with E-state index in [0.29, 0.717) is 5.69 Å². The number of halogens is 3. The summed E-state index contributed by atoms with van der Waals surface area (Å²) in [6.07, 6.45) is -5.71. The molecular weight excluding hydrogens is 263 g/mol. The highest BCUT2D eigenvalue weighted by Gasteiger charge is 2.30. The number of rotatable bonds is 2. The van der Waals surface area contributed by atoms with E-state index in [9.17, 15) is 18.0 Å². The molecule has 0 aliphatic rings. The molecule has 0 bridgehead atoms. The van der Waals surface area contributed by atoms with E-state index in [4.69, 9.17) is 0 Å². The van der Waals surface area contributed by atoms with Gasteiger partial charge in [0.15, 0.2) is 6.61 Å². The van der Waals surface area contributed by atoms with Crippen LogP contribution in [0, 0.1) is 0 Å². The summed E-state index contributed by atoms with van der Waals surface area (Å²) in [6, 6.07) is 1.59. The van der Waals surface area contributed by atoms with Crippen LogP contribution in [0.3, 0.4) is 0 Å². The zero-order chi connectivity index (χ0) is 14.8. The lowest BCUT2D eigenvalue weighted by Gasteiger charge is -2.13. The standard InChI is InChI=1S/C11H16F3N3O2/c1-10(2,3)7-5-8(17(4)16-7)15-9(18)19-6-11(12,13)14/h5H,6H2,1-4H3,(H,15,18). The summed E-state index contributed by atoms with van der Waals surface area (Å²) in [4.78, 5) is 11.2. The van der Waals surface area contributed by atoms with E-state index in [1.807, 2.05) is 20.8 Å². The maximum Gasteiger partial charge on any atom is 0.422 e. The number of hydrogen-bond acceptors (Lipinski definition) is 3. The van der Waals surface area contributed by atoms with Crippen molar-refractivity contribution in [1.82, 2.24) is 9.78 Å². The Labute approximate surface area is 108 Å². The maximum atomic E-state index is 11.9. The molecule has 0 fully saturated rings. The Kier molecular flexibility index (Phi) is 4.12. The van der Waals surface area contributed by atoms with Gasteiger partial charge in [-0.25, -0.2) is 4.79 Å². The number of ether oxygens (including phenoxy) is 1. The van der Waals surface area contributed by atoms with E-state index in [0.717, 1.165) is 0 Å². The van der Waals surface area contributed by atoms with Crippen LogP contribution in [-0.2, 0) is 17.2 Å². The van der Waals surface area contributed by atoms with Gasteiger partial charge in [0, 0.05) is 18.5 Å². The molecular formula is C11H16F3N3O2. The zero-order valence-corrected chi connectivity index (χ0v) is 11.1. The molecule has 0 spiro atoms. The number of amides is 1. The molecule has 0 aliphatic carbocycles. The van der Waals surface area contributed by atoms with Crippen LogP contribution in [-0.4, -0.2) is 28.7 Å². The van der Waals surface area contributed by atoms with Crippen molar-refractivity contribution in [1.29, 1.82) is 0 Å². The minimum Gasteiger partial charge on any atom is -0.440 e. The van der Waals surface area contributed by atoms with Crippen molar-refractivity contribution in [2.75, 3.05) is 11.9 Å². The van der Waals surface area contributed by atoms with Gasteiger partial charge >= 0.3 is 12.3 Å². The number of nitrogens with one attached hydrogen (secondary N) is 1. The van der Waals surface area contributed by atoms with Crippen LogP contribution in [0.5, 0.6) is 0 Å². The van der Waals surface area contributed by atoms with Gasteiger partial charge in [0.05, 0.1) is 5.69 Å². The minimum atomic E-state index is -4.54. The molecule has 1 amide bonds. The Hall–Kier alpha value is -1.73. The van der Waals surface area contributed by atoms with Crippen LogP contribution in [0.1, 0.15) is 26.5 Å². The Bertz CT molecular complexity index is 461. The van der Waals surface area contributed by atoms with E-state index in [1.54, 1.807) is 13.1 Å². The number of anilines is 1. The lowest BCUT2D eigenvalue weighted by atomic mass is 9.92. The number of aromatic nitrogens is 2. The molecule has 0 saturated heterocycles. The van der Waals surface area contributed by atoms with Crippen molar-refractivity contribution >= 4 is 11.9 Å². The minimum absolute atomic E-state index is 0.229. The van der Waals surface area contributed by atoms with Crippen LogP contribution in [0.4, 0.5) is 23.8 Å². The van der Waals surface area contributed by atoms with E-state index < -0.39 is 18.9 Å². The third-order valence-corrected chi connectivity index (χ3v) is 2.25. The number of carbonyl (C=O) groups excluding carboxylic acids is 1. The fraction of sp³-hybridized carbons (Fsp3) is 0.636. The number of aryl methyl sites for hydroxylation is 1. The first-order chi connectivity index (χ1) is 8.49. The van der Waals surface area contributed by atoms with Crippen molar-refractivity contribution in [3.8, 4) is 0 Å². The first-order valence-electron chi connectivity index (χ1n) is 5.54. The molecule has 8 heteroatoms. The Morgan fingerprint density at radius 1 is 1.42 bits per heavy atom. The summed E-state index contributed by atoms with van der Waals surface area (Å²) < 4.78 is 41.0. The number of hydrogen-bond donors (Lipinski definition) is 1. The molecule has 108 valence electrons.